The zero-order valence-corrected chi connectivity index (χ0v) is 17.7. The van der Waals surface area contributed by atoms with E-state index in [0.717, 1.165) is 36.8 Å². The smallest absolute Gasteiger partial charge is 0.303 e. The number of amides is 3. The van der Waals surface area contributed by atoms with Crippen LogP contribution in [0.25, 0.3) is 0 Å². The summed E-state index contributed by atoms with van der Waals surface area (Å²) in [4.78, 5) is 53.3. The minimum atomic E-state index is -1.35. The van der Waals surface area contributed by atoms with Gasteiger partial charge in [-0.05, 0) is 44.2 Å². The van der Waals surface area contributed by atoms with Crippen LogP contribution in [0.3, 0.4) is 0 Å². The lowest BCUT2D eigenvalue weighted by Crippen LogP contribution is -2.54. The summed E-state index contributed by atoms with van der Waals surface area (Å²) in [5.41, 5.74) is 1.98. The quantitative estimate of drug-likeness (QED) is 0.634. The van der Waals surface area contributed by atoms with E-state index in [2.05, 4.69) is 10.6 Å². The number of carbonyl (C=O) groups is 4. The van der Waals surface area contributed by atoms with Gasteiger partial charge >= 0.3 is 5.97 Å². The van der Waals surface area contributed by atoms with E-state index in [9.17, 15) is 24.3 Å². The Morgan fingerprint density at radius 3 is 2.55 bits per heavy atom. The van der Waals surface area contributed by atoms with Crippen LogP contribution in [-0.2, 0) is 24.7 Å². The number of imide groups is 1. The highest BCUT2D eigenvalue weighted by atomic mass is 16.4. The van der Waals surface area contributed by atoms with Gasteiger partial charge in [0.2, 0.25) is 17.7 Å². The lowest BCUT2D eigenvalue weighted by Gasteiger charge is -2.31. The summed E-state index contributed by atoms with van der Waals surface area (Å²) in [7, 11) is 0. The number of carboxylic acids is 1. The van der Waals surface area contributed by atoms with Crippen LogP contribution >= 0.6 is 0 Å². The van der Waals surface area contributed by atoms with Gasteiger partial charge in [0.05, 0.1) is 11.8 Å². The van der Waals surface area contributed by atoms with Gasteiger partial charge in [-0.25, -0.2) is 0 Å². The average Bonchev–Trinajstić information content (AvgIpc) is 3.46. The molecule has 0 aromatic heterocycles. The largest absolute Gasteiger partial charge is 0.481 e. The molecule has 4 atom stereocenters. The molecule has 3 fully saturated rings. The maximum Gasteiger partial charge on any atom is 0.303 e. The molecule has 1 aromatic rings. The summed E-state index contributed by atoms with van der Waals surface area (Å²) in [6.45, 7) is 3.88. The highest BCUT2D eigenvalue weighted by molar-refractivity contribution is 6.15. The van der Waals surface area contributed by atoms with Crippen LogP contribution in [-0.4, -0.2) is 45.8 Å². The molecule has 8 heteroatoms. The molecule has 0 unspecified atom stereocenters. The first-order valence-corrected chi connectivity index (χ1v) is 11.1. The minimum Gasteiger partial charge on any atom is -0.481 e. The van der Waals surface area contributed by atoms with Crippen LogP contribution in [0.4, 0.5) is 5.69 Å². The van der Waals surface area contributed by atoms with Gasteiger partial charge in [0, 0.05) is 29.8 Å². The number of fused-ring (bicyclic) bond motifs is 4. The van der Waals surface area contributed by atoms with Crippen LogP contribution in [0, 0.1) is 25.7 Å². The number of aliphatic carboxylic acids is 1. The van der Waals surface area contributed by atoms with Gasteiger partial charge in [-0.3, -0.25) is 29.4 Å². The van der Waals surface area contributed by atoms with Crippen molar-refractivity contribution in [3.05, 3.63) is 28.8 Å². The Hall–Kier alpha value is -2.74. The van der Waals surface area contributed by atoms with E-state index in [1.807, 2.05) is 26.0 Å². The predicted molar refractivity (Wildman–Crippen MR) is 111 cm³/mol. The normalized spacial score (nSPS) is 32.1. The fourth-order valence-corrected chi connectivity index (χ4v) is 6.19. The third kappa shape index (κ3) is 2.63. The molecular formula is C23H27N3O5. The van der Waals surface area contributed by atoms with Crippen molar-refractivity contribution in [1.82, 2.24) is 10.2 Å². The number of likely N-dealkylation sites (tertiary alicyclic amines) is 1. The molecule has 3 amide bonds. The van der Waals surface area contributed by atoms with Crippen molar-refractivity contribution in [2.24, 2.45) is 11.8 Å². The zero-order chi connectivity index (χ0) is 22.1. The second-order valence-electron chi connectivity index (χ2n) is 9.36. The molecular weight excluding hydrogens is 398 g/mol. The van der Waals surface area contributed by atoms with Gasteiger partial charge in [-0.1, -0.05) is 25.0 Å². The Morgan fingerprint density at radius 2 is 1.87 bits per heavy atom. The molecule has 164 valence electrons. The summed E-state index contributed by atoms with van der Waals surface area (Å²) in [5, 5.41) is 15.5. The number of benzene rings is 1. The molecule has 0 bridgehead atoms. The second-order valence-corrected chi connectivity index (χ2v) is 9.36. The van der Waals surface area contributed by atoms with Crippen molar-refractivity contribution >= 4 is 29.4 Å². The maximum absolute atomic E-state index is 13.7. The molecule has 31 heavy (non-hydrogen) atoms. The molecule has 3 N–H and O–H groups in total. The van der Waals surface area contributed by atoms with E-state index < -0.39 is 29.4 Å². The molecule has 2 saturated heterocycles. The molecule has 1 spiro atoms. The van der Waals surface area contributed by atoms with Crippen molar-refractivity contribution in [3.8, 4) is 0 Å². The molecule has 1 aromatic carbocycles. The number of rotatable bonds is 4. The number of nitrogens with zero attached hydrogens (tertiary/aromatic N) is 1. The van der Waals surface area contributed by atoms with Crippen LogP contribution < -0.4 is 10.6 Å². The molecule has 1 saturated carbocycles. The average molecular weight is 425 g/mol. The van der Waals surface area contributed by atoms with Crippen molar-refractivity contribution in [2.75, 3.05) is 5.32 Å². The number of carboxylic acid groups (broad SMARTS) is 1. The van der Waals surface area contributed by atoms with Crippen molar-refractivity contribution in [3.63, 3.8) is 0 Å². The van der Waals surface area contributed by atoms with E-state index in [4.69, 9.17) is 0 Å². The molecule has 3 aliphatic heterocycles. The van der Waals surface area contributed by atoms with Crippen molar-refractivity contribution in [1.29, 1.82) is 0 Å². The molecule has 4 aliphatic rings. The number of hydrogen-bond acceptors (Lipinski definition) is 5. The van der Waals surface area contributed by atoms with Gasteiger partial charge < -0.3 is 10.4 Å². The fraction of sp³-hybridized carbons (Fsp3) is 0.565. The summed E-state index contributed by atoms with van der Waals surface area (Å²) in [6.07, 6.45) is 3.58. The van der Waals surface area contributed by atoms with Gasteiger partial charge in [-0.2, -0.15) is 0 Å². The van der Waals surface area contributed by atoms with Gasteiger partial charge in [-0.15, -0.1) is 0 Å². The first-order chi connectivity index (χ1) is 14.8. The SMILES string of the molecule is Cc1ccc2c(c1C)NC(=O)[C@]21N[C@@H](CCC(=O)O)[C@H]2C(=O)N(C3CCCC3)C(=O)[C@@H]21. The molecule has 8 nitrogen and oxygen atoms in total. The topological polar surface area (TPSA) is 116 Å². The minimum absolute atomic E-state index is 0.119. The highest BCUT2D eigenvalue weighted by Crippen LogP contribution is 2.55. The number of anilines is 1. The van der Waals surface area contributed by atoms with Gasteiger partial charge in [0.1, 0.15) is 5.54 Å². The highest BCUT2D eigenvalue weighted by Gasteiger charge is 2.71. The Labute approximate surface area is 180 Å². The predicted octanol–water partition coefficient (Wildman–Crippen LogP) is 1.83. The third-order valence-corrected chi connectivity index (χ3v) is 7.81. The summed E-state index contributed by atoms with van der Waals surface area (Å²) in [5.74, 6) is -3.45. The van der Waals surface area contributed by atoms with Crippen LogP contribution in [0.5, 0.6) is 0 Å². The number of aryl methyl sites for hydroxylation is 1. The Morgan fingerprint density at radius 1 is 1.16 bits per heavy atom. The Balaban J connectivity index is 1.63. The maximum atomic E-state index is 13.7. The van der Waals surface area contributed by atoms with Crippen LogP contribution in [0.1, 0.15) is 55.2 Å². The first kappa shape index (κ1) is 20.2. The van der Waals surface area contributed by atoms with Gasteiger partial charge in [0.25, 0.3) is 0 Å². The van der Waals surface area contributed by atoms with E-state index in [1.165, 1.54) is 4.90 Å². The Bertz CT molecular complexity index is 1010. The molecule has 1 aliphatic carbocycles. The lowest BCUT2D eigenvalue weighted by molar-refractivity contribution is -0.145. The summed E-state index contributed by atoms with van der Waals surface area (Å²) >= 11 is 0. The third-order valence-electron chi connectivity index (χ3n) is 7.81. The first-order valence-electron chi connectivity index (χ1n) is 11.1. The lowest BCUT2D eigenvalue weighted by atomic mass is 9.76. The number of hydrogen-bond donors (Lipinski definition) is 3. The summed E-state index contributed by atoms with van der Waals surface area (Å²) < 4.78 is 0. The molecule has 3 heterocycles. The summed E-state index contributed by atoms with van der Waals surface area (Å²) in [6, 6.07) is 3.11. The van der Waals surface area contributed by atoms with E-state index in [1.54, 1.807) is 0 Å². The second kappa shape index (κ2) is 6.88. The zero-order valence-electron chi connectivity index (χ0n) is 17.7. The number of carbonyl (C=O) groups excluding carboxylic acids is 3. The van der Waals surface area contributed by atoms with Crippen molar-refractivity contribution in [2.45, 2.75) is 70.0 Å². The Kier molecular flexibility index (Phi) is 4.48. The number of nitrogens with one attached hydrogen (secondary N) is 2. The van der Waals surface area contributed by atoms with E-state index in [-0.39, 0.29) is 36.6 Å². The standard InChI is InChI=1S/C23H27N3O5/c1-11-7-8-14-19(12(11)2)24-22(31)23(14)18-17(15(25-23)9-10-16(27)28)20(29)26(21(18)30)13-5-3-4-6-13/h7-8,13,15,17-18,25H,3-6,9-10H2,1-2H3,(H,24,31)(H,27,28)/t15-,17+,18+,23-/m0/s1. The van der Waals surface area contributed by atoms with Crippen LogP contribution in [0.15, 0.2) is 12.1 Å². The van der Waals surface area contributed by atoms with Gasteiger partial charge in [0.15, 0.2) is 0 Å². The molecule has 0 radical (unpaired) electrons. The van der Waals surface area contributed by atoms with Crippen LogP contribution in [0.2, 0.25) is 0 Å². The molecule has 5 rings (SSSR count). The monoisotopic (exact) mass is 425 g/mol. The fourth-order valence-electron chi connectivity index (χ4n) is 6.19. The van der Waals surface area contributed by atoms with E-state index >= 15 is 0 Å². The van der Waals surface area contributed by atoms with Crippen molar-refractivity contribution < 1.29 is 24.3 Å². The van der Waals surface area contributed by atoms with E-state index in [0.29, 0.717) is 11.3 Å².